The van der Waals surface area contributed by atoms with Crippen molar-refractivity contribution in [3.05, 3.63) is 30.2 Å². The molecule has 0 aromatic carbocycles. The van der Waals surface area contributed by atoms with E-state index in [1.807, 2.05) is 13.0 Å². The van der Waals surface area contributed by atoms with E-state index in [2.05, 4.69) is 22.4 Å². The van der Waals surface area contributed by atoms with Gasteiger partial charge in [0, 0.05) is 12.6 Å². The van der Waals surface area contributed by atoms with Gasteiger partial charge in [0.1, 0.15) is 0 Å². The fourth-order valence-electron chi connectivity index (χ4n) is 1.17. The first kappa shape index (κ1) is 12.4. The molecule has 0 aliphatic carbocycles. The molecular formula is C11H17N3O2. The highest BCUT2D eigenvalue weighted by molar-refractivity contribution is 5.81. The Bertz CT molecular complexity index is 360. The topological polar surface area (TPSA) is 67.2 Å². The summed E-state index contributed by atoms with van der Waals surface area (Å²) < 4.78 is 5.02. The molecule has 0 radical (unpaired) electrons. The molecule has 0 aliphatic heterocycles. The Morgan fingerprint density at radius 3 is 3.06 bits per heavy atom. The first-order valence-corrected chi connectivity index (χ1v) is 5.17. The molecule has 5 nitrogen and oxygen atoms in total. The van der Waals surface area contributed by atoms with Gasteiger partial charge < -0.3 is 9.84 Å². The molecule has 0 spiro atoms. The summed E-state index contributed by atoms with van der Waals surface area (Å²) in [6.45, 7) is 8.15. The van der Waals surface area contributed by atoms with Crippen molar-refractivity contribution < 1.29 is 9.32 Å². The average Bonchev–Trinajstić information content (AvgIpc) is 2.68. The lowest BCUT2D eigenvalue weighted by molar-refractivity contribution is -0.122. The van der Waals surface area contributed by atoms with Crippen LogP contribution in [0, 0.1) is 6.92 Å². The van der Waals surface area contributed by atoms with E-state index in [-0.39, 0.29) is 11.9 Å². The summed E-state index contributed by atoms with van der Waals surface area (Å²) in [4.78, 5) is 11.5. The van der Waals surface area contributed by atoms with Crippen LogP contribution in [0.1, 0.15) is 18.4 Å². The van der Waals surface area contributed by atoms with E-state index in [1.165, 1.54) is 0 Å². The highest BCUT2D eigenvalue weighted by atomic mass is 16.5. The highest BCUT2D eigenvalue weighted by Crippen LogP contribution is 2.01. The molecule has 1 aromatic heterocycles. The number of aryl methyl sites for hydroxylation is 1. The number of hydrogen-bond acceptors (Lipinski definition) is 4. The predicted octanol–water partition coefficient (Wildman–Crippen LogP) is 0.763. The largest absolute Gasteiger partial charge is 0.360 e. The van der Waals surface area contributed by atoms with Crippen molar-refractivity contribution in [2.24, 2.45) is 0 Å². The third kappa shape index (κ3) is 3.86. The Hall–Kier alpha value is -1.62. The molecule has 1 heterocycles. The van der Waals surface area contributed by atoms with Crippen molar-refractivity contribution in [1.29, 1.82) is 0 Å². The van der Waals surface area contributed by atoms with Gasteiger partial charge in [0.05, 0.1) is 18.3 Å². The Morgan fingerprint density at radius 2 is 2.50 bits per heavy atom. The summed E-state index contributed by atoms with van der Waals surface area (Å²) in [5.74, 6) is 0.664. The number of carbonyl (C=O) groups excluding carboxylic acids is 1. The third-order valence-electron chi connectivity index (χ3n) is 2.07. The van der Waals surface area contributed by atoms with Crippen LogP contribution < -0.4 is 10.6 Å². The molecule has 16 heavy (non-hydrogen) atoms. The van der Waals surface area contributed by atoms with Crippen LogP contribution in [0.3, 0.4) is 0 Å². The van der Waals surface area contributed by atoms with Gasteiger partial charge in [0.15, 0.2) is 5.76 Å². The molecule has 2 N–H and O–H groups in total. The highest BCUT2D eigenvalue weighted by Gasteiger charge is 2.11. The lowest BCUT2D eigenvalue weighted by atomic mass is 10.3. The number of carbonyl (C=O) groups is 1. The number of nitrogens with one attached hydrogen (secondary N) is 2. The minimum Gasteiger partial charge on any atom is -0.360 e. The molecule has 1 amide bonds. The van der Waals surface area contributed by atoms with E-state index in [4.69, 9.17) is 4.52 Å². The number of amides is 1. The quantitative estimate of drug-likeness (QED) is 0.699. The van der Waals surface area contributed by atoms with E-state index in [1.54, 1.807) is 13.0 Å². The molecule has 0 saturated heterocycles. The average molecular weight is 223 g/mol. The van der Waals surface area contributed by atoms with Gasteiger partial charge in [-0.3, -0.25) is 10.1 Å². The van der Waals surface area contributed by atoms with E-state index < -0.39 is 0 Å². The molecule has 5 heteroatoms. The van der Waals surface area contributed by atoms with Crippen molar-refractivity contribution in [3.63, 3.8) is 0 Å². The maximum atomic E-state index is 11.5. The molecule has 1 atom stereocenters. The fourth-order valence-corrected chi connectivity index (χ4v) is 1.17. The number of nitrogens with zero attached hydrogens (tertiary/aromatic N) is 1. The molecule has 1 unspecified atom stereocenters. The minimum absolute atomic E-state index is 0.0591. The predicted molar refractivity (Wildman–Crippen MR) is 60.7 cm³/mol. The van der Waals surface area contributed by atoms with Gasteiger partial charge in [-0.2, -0.15) is 0 Å². The van der Waals surface area contributed by atoms with Crippen LogP contribution in [0.15, 0.2) is 23.2 Å². The zero-order valence-corrected chi connectivity index (χ0v) is 9.62. The van der Waals surface area contributed by atoms with Gasteiger partial charge in [0.2, 0.25) is 5.91 Å². The lowest BCUT2D eigenvalue weighted by Crippen LogP contribution is -2.41. The zero-order valence-electron chi connectivity index (χ0n) is 9.62. The van der Waals surface area contributed by atoms with Gasteiger partial charge in [0.25, 0.3) is 0 Å². The van der Waals surface area contributed by atoms with Crippen LogP contribution in [0.4, 0.5) is 0 Å². The van der Waals surface area contributed by atoms with Crippen molar-refractivity contribution in [3.8, 4) is 0 Å². The first-order valence-electron chi connectivity index (χ1n) is 5.17. The van der Waals surface area contributed by atoms with Gasteiger partial charge in [-0.15, -0.1) is 6.58 Å². The summed E-state index contributed by atoms with van der Waals surface area (Å²) in [6, 6.07) is 1.56. The SMILES string of the molecule is C=CCNC(=O)C(C)NCc1cc(C)no1. The Morgan fingerprint density at radius 1 is 1.75 bits per heavy atom. The van der Waals surface area contributed by atoms with Crippen molar-refractivity contribution >= 4 is 5.91 Å². The summed E-state index contributed by atoms with van der Waals surface area (Å²) in [7, 11) is 0. The fraction of sp³-hybridized carbons (Fsp3) is 0.455. The van der Waals surface area contributed by atoms with Crippen molar-refractivity contribution in [2.75, 3.05) is 6.54 Å². The van der Waals surface area contributed by atoms with Gasteiger partial charge >= 0.3 is 0 Å². The van der Waals surface area contributed by atoms with E-state index in [9.17, 15) is 4.79 Å². The Balaban J connectivity index is 2.31. The lowest BCUT2D eigenvalue weighted by Gasteiger charge is -2.11. The Labute approximate surface area is 94.9 Å². The van der Waals surface area contributed by atoms with E-state index in [0.29, 0.717) is 13.1 Å². The second-order valence-electron chi connectivity index (χ2n) is 3.57. The zero-order chi connectivity index (χ0) is 12.0. The second-order valence-corrected chi connectivity index (χ2v) is 3.57. The smallest absolute Gasteiger partial charge is 0.237 e. The van der Waals surface area contributed by atoms with Crippen molar-refractivity contribution in [1.82, 2.24) is 15.8 Å². The molecule has 1 aromatic rings. The van der Waals surface area contributed by atoms with E-state index >= 15 is 0 Å². The first-order chi connectivity index (χ1) is 7.63. The van der Waals surface area contributed by atoms with Gasteiger partial charge in [-0.1, -0.05) is 11.2 Å². The number of hydrogen-bond donors (Lipinski definition) is 2. The van der Waals surface area contributed by atoms with Gasteiger partial charge in [-0.25, -0.2) is 0 Å². The van der Waals surface area contributed by atoms with Crippen LogP contribution >= 0.6 is 0 Å². The Kier molecular flexibility index (Phi) is 4.72. The van der Waals surface area contributed by atoms with E-state index in [0.717, 1.165) is 11.5 Å². The van der Waals surface area contributed by atoms with Crippen LogP contribution in [-0.4, -0.2) is 23.7 Å². The molecule has 0 aliphatic rings. The molecule has 88 valence electrons. The molecule has 0 fully saturated rings. The van der Waals surface area contributed by atoms with Crippen LogP contribution in [0.2, 0.25) is 0 Å². The molecule has 0 saturated carbocycles. The van der Waals surface area contributed by atoms with Crippen molar-refractivity contribution in [2.45, 2.75) is 26.4 Å². The summed E-state index contributed by atoms with van der Waals surface area (Å²) >= 11 is 0. The summed E-state index contributed by atoms with van der Waals surface area (Å²) in [5, 5.41) is 9.51. The van der Waals surface area contributed by atoms with Crippen LogP contribution in [0.5, 0.6) is 0 Å². The standard InChI is InChI=1S/C11H17N3O2/c1-4-5-12-11(15)9(3)13-7-10-6-8(2)14-16-10/h4,6,9,13H,1,5,7H2,2-3H3,(H,12,15). The monoisotopic (exact) mass is 223 g/mol. The molecular weight excluding hydrogens is 206 g/mol. The normalized spacial score (nSPS) is 12.1. The summed E-state index contributed by atoms with van der Waals surface area (Å²) in [6.07, 6.45) is 1.64. The molecule has 1 rings (SSSR count). The summed E-state index contributed by atoms with van der Waals surface area (Å²) in [5.41, 5.74) is 0.834. The minimum atomic E-state index is -0.273. The van der Waals surface area contributed by atoms with Crippen LogP contribution in [0.25, 0.3) is 0 Å². The van der Waals surface area contributed by atoms with Crippen LogP contribution in [-0.2, 0) is 11.3 Å². The second kappa shape index (κ2) is 6.07. The number of aromatic nitrogens is 1. The third-order valence-corrected chi connectivity index (χ3v) is 2.07. The maximum Gasteiger partial charge on any atom is 0.237 e. The molecule has 0 bridgehead atoms. The van der Waals surface area contributed by atoms with Gasteiger partial charge in [-0.05, 0) is 13.8 Å². The number of rotatable bonds is 6. The maximum absolute atomic E-state index is 11.5.